The van der Waals surface area contributed by atoms with E-state index in [0.29, 0.717) is 48.6 Å². The Hall–Kier alpha value is -7.78. The second kappa shape index (κ2) is 21.0. The molecule has 0 fully saturated rings. The van der Waals surface area contributed by atoms with Gasteiger partial charge >= 0.3 is 0 Å². The van der Waals surface area contributed by atoms with E-state index in [1.807, 2.05) is 77.6 Å². The Labute approximate surface area is 392 Å². The van der Waals surface area contributed by atoms with Crippen LogP contribution in [0.15, 0.2) is 170 Å². The van der Waals surface area contributed by atoms with Crippen molar-refractivity contribution in [3.63, 3.8) is 0 Å². The van der Waals surface area contributed by atoms with Crippen LogP contribution in [0.5, 0.6) is 11.5 Å². The molecule has 336 valence electrons. The average Bonchev–Trinajstić information content (AvgIpc) is 3.77. The summed E-state index contributed by atoms with van der Waals surface area (Å²) < 4.78 is 12.1. The fraction of sp³-hybridized carbons (Fsp3) is 0.207. The summed E-state index contributed by atoms with van der Waals surface area (Å²) in [6.07, 6.45) is 0. The van der Waals surface area contributed by atoms with Crippen molar-refractivity contribution in [1.29, 1.82) is 0 Å². The Morgan fingerprint density at radius 3 is 1.09 bits per heavy atom. The smallest absolute Gasteiger partial charge is 0.233 e. The van der Waals surface area contributed by atoms with Crippen LogP contribution < -0.4 is 9.47 Å². The summed E-state index contributed by atoms with van der Waals surface area (Å²) in [6, 6.07) is 54.3. The highest BCUT2D eigenvalue weighted by Crippen LogP contribution is 2.44. The molecule has 0 unspecified atom stereocenters. The van der Waals surface area contributed by atoms with Gasteiger partial charge in [0.15, 0.2) is 0 Å². The van der Waals surface area contributed by atoms with Crippen LogP contribution in [0.3, 0.4) is 0 Å². The molecule has 0 saturated heterocycles. The van der Waals surface area contributed by atoms with Crippen molar-refractivity contribution in [2.75, 3.05) is 13.2 Å². The van der Waals surface area contributed by atoms with Crippen molar-refractivity contribution in [1.82, 2.24) is 25.0 Å². The van der Waals surface area contributed by atoms with Crippen molar-refractivity contribution in [2.24, 2.45) is 17.8 Å². The second-order valence-electron chi connectivity index (χ2n) is 17.8. The number of fused-ring (bicyclic) bond motifs is 2. The molecule has 9 aromatic rings. The normalized spacial score (nSPS) is 11.2. The van der Waals surface area contributed by atoms with Gasteiger partial charge in [-0.25, -0.2) is 9.97 Å². The first-order chi connectivity index (χ1) is 32.5. The summed E-state index contributed by atoms with van der Waals surface area (Å²) >= 11 is 0. The lowest BCUT2D eigenvalue weighted by atomic mass is 9.94. The van der Waals surface area contributed by atoms with Gasteiger partial charge in [0.05, 0.1) is 31.1 Å². The summed E-state index contributed by atoms with van der Waals surface area (Å²) in [5, 5.41) is 10.4. The van der Waals surface area contributed by atoms with Crippen molar-refractivity contribution in [2.45, 2.75) is 48.1 Å². The van der Waals surface area contributed by atoms with Crippen LogP contribution in [0, 0.1) is 17.8 Å². The van der Waals surface area contributed by atoms with Crippen LogP contribution >= 0.6 is 0 Å². The lowest BCUT2D eigenvalue weighted by Gasteiger charge is -2.17. The first-order valence-electron chi connectivity index (χ1n) is 22.9. The summed E-state index contributed by atoms with van der Waals surface area (Å²) in [7, 11) is 0. The molecule has 2 aromatic heterocycles. The molecule has 0 radical (unpaired) electrons. The zero-order valence-electron chi connectivity index (χ0n) is 38.9. The van der Waals surface area contributed by atoms with E-state index in [-0.39, 0.29) is 0 Å². The summed E-state index contributed by atoms with van der Waals surface area (Å²) in [5.74, 6) is 1.94. The van der Waals surface area contributed by atoms with Crippen LogP contribution in [-0.4, -0.2) is 49.7 Å². The molecular weight excluding hydrogens is 831 g/mol. The topological polar surface area (TPSA) is 109 Å². The van der Waals surface area contributed by atoms with Gasteiger partial charge in [-0.2, -0.15) is 15.0 Å². The minimum Gasteiger partial charge on any atom is -0.493 e. The summed E-state index contributed by atoms with van der Waals surface area (Å²) in [4.78, 5) is 36.5. The predicted molar refractivity (Wildman–Crippen MR) is 269 cm³/mol. The largest absolute Gasteiger partial charge is 0.493 e. The number of benzene rings is 7. The first-order valence-corrected chi connectivity index (χ1v) is 22.9. The van der Waals surface area contributed by atoms with E-state index in [2.05, 4.69) is 90.1 Å². The molecule has 0 aliphatic rings. The summed E-state index contributed by atoms with van der Waals surface area (Å²) in [6.45, 7) is 14.9. The molecule has 0 aliphatic heterocycles. The Morgan fingerprint density at radius 2 is 0.761 bits per heavy atom. The number of ketones is 2. The molecule has 9 nitrogen and oxygen atoms in total. The zero-order chi connectivity index (χ0) is 46.9. The average molecular weight is 886 g/mol. The van der Waals surface area contributed by atoms with Gasteiger partial charge in [-0.15, -0.1) is 0 Å². The molecule has 0 amide bonds. The minimum absolute atomic E-state index is 0.355. The van der Waals surface area contributed by atoms with Crippen molar-refractivity contribution < 1.29 is 19.1 Å². The van der Waals surface area contributed by atoms with Gasteiger partial charge in [0.25, 0.3) is 0 Å². The molecule has 0 bridgehead atoms. The zero-order valence-corrected chi connectivity index (χ0v) is 38.9. The van der Waals surface area contributed by atoms with Gasteiger partial charge in [0.2, 0.25) is 11.6 Å². The van der Waals surface area contributed by atoms with Gasteiger partial charge in [-0.1, -0.05) is 187 Å². The standard InChI is InChI=1S/C44H45N5O2.C14H10O2/c1-28(2)25-49-47-43-37(31-17-21-35(22-18-31)50-26-29(3)4)41-42(38(44(43)48-49)32-19-23-36(24-20-32)51-27-30(5)6)46-40(34-15-11-8-12-16-34)39(45-41)33-13-9-7-10-14-33;15-13(11-7-3-1-4-8-11)14(16)12-9-5-2-6-10-12/h7-24,28-30H,25-27H2,1-6H3;1-10H. The highest BCUT2D eigenvalue weighted by Gasteiger charge is 2.26. The Kier molecular flexibility index (Phi) is 14.4. The van der Waals surface area contributed by atoms with Crippen LogP contribution in [0.1, 0.15) is 62.3 Å². The van der Waals surface area contributed by atoms with E-state index in [1.165, 1.54) is 0 Å². The quantitative estimate of drug-likeness (QED) is 0.0739. The molecule has 67 heavy (non-hydrogen) atoms. The van der Waals surface area contributed by atoms with Crippen molar-refractivity contribution in [3.8, 4) is 56.3 Å². The Bertz CT molecular complexity index is 2870. The maximum Gasteiger partial charge on any atom is 0.233 e. The molecule has 9 heteroatoms. The predicted octanol–water partition coefficient (Wildman–Crippen LogP) is 13.5. The molecular formula is C58H55N5O4. The maximum absolute atomic E-state index is 11.8. The third-order valence-electron chi connectivity index (χ3n) is 10.9. The van der Waals surface area contributed by atoms with Gasteiger partial charge < -0.3 is 9.47 Å². The third kappa shape index (κ3) is 10.9. The molecule has 2 heterocycles. The second-order valence-corrected chi connectivity index (χ2v) is 17.8. The van der Waals surface area contributed by atoms with Gasteiger partial charge in [0, 0.05) is 33.4 Å². The van der Waals surface area contributed by atoms with Crippen molar-refractivity contribution >= 4 is 33.6 Å². The minimum atomic E-state index is -0.466. The highest BCUT2D eigenvalue weighted by molar-refractivity contribution is 6.49. The summed E-state index contributed by atoms with van der Waals surface area (Å²) in [5.41, 5.74) is 11.3. The number of rotatable bonds is 15. The number of nitrogens with zero attached hydrogens (tertiary/aromatic N) is 5. The lowest BCUT2D eigenvalue weighted by molar-refractivity contribution is 0.0817. The van der Waals surface area contributed by atoms with E-state index in [1.54, 1.807) is 48.5 Å². The van der Waals surface area contributed by atoms with E-state index in [0.717, 1.165) is 78.3 Å². The van der Waals surface area contributed by atoms with E-state index in [4.69, 9.17) is 29.6 Å². The van der Waals surface area contributed by atoms with Crippen LogP contribution in [0.2, 0.25) is 0 Å². The van der Waals surface area contributed by atoms with Crippen LogP contribution in [0.25, 0.3) is 66.8 Å². The number of aromatic nitrogens is 5. The number of hydrogen-bond donors (Lipinski definition) is 0. The molecule has 0 aliphatic carbocycles. The Balaban J connectivity index is 0.000000320. The van der Waals surface area contributed by atoms with E-state index < -0.39 is 11.6 Å². The third-order valence-corrected chi connectivity index (χ3v) is 10.9. The molecule has 7 aromatic carbocycles. The number of carbonyl (C=O) groups is 2. The van der Waals surface area contributed by atoms with Crippen LogP contribution in [0.4, 0.5) is 0 Å². The fourth-order valence-corrected chi connectivity index (χ4v) is 7.65. The Morgan fingerprint density at radius 1 is 0.418 bits per heavy atom. The molecule has 0 spiro atoms. The first kappa shape index (κ1) is 45.8. The number of carbonyl (C=O) groups excluding carboxylic acids is 2. The monoisotopic (exact) mass is 885 g/mol. The van der Waals surface area contributed by atoms with Gasteiger partial charge in [-0.05, 0) is 53.1 Å². The lowest BCUT2D eigenvalue weighted by Crippen LogP contribution is -2.14. The highest BCUT2D eigenvalue weighted by atomic mass is 16.5. The SMILES string of the molecule is CC(C)COc1ccc(-c2c3nc(-c4ccccc4)c(-c4ccccc4)nc3c(-c3ccc(OCC(C)C)cc3)c3nn(CC(C)C)nc23)cc1.O=C(C(=O)c1ccccc1)c1ccccc1. The van der Waals surface area contributed by atoms with Crippen molar-refractivity contribution in [3.05, 3.63) is 181 Å². The fourth-order valence-electron chi connectivity index (χ4n) is 7.65. The van der Waals surface area contributed by atoms with Gasteiger partial charge in [-0.3, -0.25) is 9.59 Å². The maximum atomic E-state index is 11.8. The molecule has 0 saturated carbocycles. The molecule has 0 N–H and O–H groups in total. The van der Waals surface area contributed by atoms with E-state index >= 15 is 0 Å². The number of ether oxygens (including phenoxy) is 2. The van der Waals surface area contributed by atoms with Crippen LogP contribution in [-0.2, 0) is 6.54 Å². The van der Waals surface area contributed by atoms with E-state index in [9.17, 15) is 9.59 Å². The number of Topliss-reactive ketones (excluding diaryl/α,β-unsaturated/α-hetero) is 2. The van der Waals surface area contributed by atoms with Gasteiger partial charge in [0.1, 0.15) is 33.6 Å². The number of hydrogen-bond acceptors (Lipinski definition) is 8. The molecule has 0 atom stereocenters. The molecule has 9 rings (SSSR count).